The van der Waals surface area contributed by atoms with Gasteiger partial charge >= 0.3 is 0 Å². The third-order valence-corrected chi connectivity index (χ3v) is 4.84. The summed E-state index contributed by atoms with van der Waals surface area (Å²) in [7, 11) is 0. The molecule has 1 saturated carbocycles. The zero-order valence-electron chi connectivity index (χ0n) is 13.0. The largest absolute Gasteiger partial charge is 0.323 e. The van der Waals surface area contributed by atoms with Gasteiger partial charge in [0.1, 0.15) is 5.82 Å². The summed E-state index contributed by atoms with van der Waals surface area (Å²) in [4.78, 5) is 4.74. The lowest BCUT2D eigenvalue weighted by atomic mass is 9.86. The molecule has 0 radical (unpaired) electrons. The Hall–Kier alpha value is -1.35. The first-order valence-corrected chi connectivity index (χ1v) is 7.71. The first kappa shape index (κ1) is 13.6. The minimum atomic E-state index is 0.346. The number of hydrogen-bond acceptors (Lipinski definition) is 2. The van der Waals surface area contributed by atoms with Crippen molar-refractivity contribution in [2.24, 2.45) is 5.41 Å². The Bertz CT molecular complexity index is 612. The number of benzene rings is 1. The first-order chi connectivity index (χ1) is 9.54. The number of aryl methyl sites for hydroxylation is 1. The van der Waals surface area contributed by atoms with Gasteiger partial charge in [0.25, 0.3) is 0 Å². The van der Waals surface area contributed by atoms with Gasteiger partial charge in [-0.25, -0.2) is 4.98 Å². The molecule has 1 aliphatic carbocycles. The molecule has 0 aliphatic heterocycles. The van der Waals surface area contributed by atoms with Crippen molar-refractivity contribution >= 4 is 11.0 Å². The monoisotopic (exact) mass is 271 g/mol. The Morgan fingerprint density at radius 1 is 1.35 bits per heavy atom. The molecule has 3 nitrogen and oxygen atoms in total. The highest BCUT2D eigenvalue weighted by atomic mass is 15.2. The number of nitrogens with one attached hydrogen (secondary N) is 1. The molecule has 20 heavy (non-hydrogen) atoms. The summed E-state index contributed by atoms with van der Waals surface area (Å²) in [6.45, 7) is 10.1. The molecule has 0 saturated heterocycles. The van der Waals surface area contributed by atoms with E-state index >= 15 is 0 Å². The molecule has 1 N–H and O–H groups in total. The van der Waals surface area contributed by atoms with E-state index in [4.69, 9.17) is 4.98 Å². The normalized spacial score (nSPS) is 25.4. The van der Waals surface area contributed by atoms with E-state index in [1.54, 1.807) is 0 Å². The Morgan fingerprint density at radius 3 is 2.85 bits per heavy atom. The molecule has 0 amide bonds. The molecule has 1 fully saturated rings. The van der Waals surface area contributed by atoms with Crippen LogP contribution in [0.1, 0.15) is 45.5 Å². The van der Waals surface area contributed by atoms with Gasteiger partial charge in [0.15, 0.2) is 0 Å². The minimum absolute atomic E-state index is 0.346. The molecule has 3 heteroatoms. The molecule has 3 rings (SSSR count). The molecule has 1 heterocycles. The van der Waals surface area contributed by atoms with Crippen molar-refractivity contribution in [2.75, 3.05) is 6.54 Å². The van der Waals surface area contributed by atoms with Gasteiger partial charge in [-0.1, -0.05) is 32.9 Å². The van der Waals surface area contributed by atoms with Crippen LogP contribution in [-0.4, -0.2) is 22.1 Å². The lowest BCUT2D eigenvalue weighted by Gasteiger charge is -2.32. The van der Waals surface area contributed by atoms with E-state index in [1.807, 2.05) is 0 Å². The molecular weight excluding hydrogens is 246 g/mol. The predicted octanol–water partition coefficient (Wildman–Crippen LogP) is 3.68. The van der Waals surface area contributed by atoms with Crippen molar-refractivity contribution in [3.05, 3.63) is 30.1 Å². The average molecular weight is 271 g/mol. The van der Waals surface area contributed by atoms with E-state index in [0.29, 0.717) is 17.5 Å². The summed E-state index contributed by atoms with van der Waals surface area (Å²) >= 11 is 0. The second-order valence-electron chi connectivity index (χ2n) is 6.65. The van der Waals surface area contributed by atoms with Gasteiger partial charge in [0, 0.05) is 6.04 Å². The fourth-order valence-electron chi connectivity index (χ4n) is 3.86. The van der Waals surface area contributed by atoms with Gasteiger partial charge in [-0.2, -0.15) is 0 Å². The molecule has 0 bridgehead atoms. The van der Waals surface area contributed by atoms with Gasteiger partial charge in [-0.3, -0.25) is 0 Å². The predicted molar refractivity (Wildman–Crippen MR) is 84.0 cm³/mol. The highest BCUT2D eigenvalue weighted by Gasteiger charge is 2.43. The Labute approximate surface area is 121 Å². The lowest BCUT2D eigenvalue weighted by molar-refractivity contribution is 0.253. The summed E-state index contributed by atoms with van der Waals surface area (Å²) in [5.41, 5.74) is 2.74. The van der Waals surface area contributed by atoms with Crippen LogP contribution in [0.5, 0.6) is 0 Å². The molecular formula is C17H25N3. The van der Waals surface area contributed by atoms with Crippen molar-refractivity contribution in [1.29, 1.82) is 0 Å². The number of imidazole rings is 1. The number of rotatable bonds is 3. The smallest absolute Gasteiger partial charge is 0.107 e. The van der Waals surface area contributed by atoms with Crippen LogP contribution in [0.2, 0.25) is 0 Å². The molecule has 2 aromatic rings. The molecule has 2 atom stereocenters. The zero-order chi connectivity index (χ0) is 14.3. The Balaban J connectivity index is 2.08. The second kappa shape index (κ2) is 4.88. The number of nitrogens with zero attached hydrogens (tertiary/aromatic N) is 2. The molecule has 108 valence electrons. The number of fused-ring (bicyclic) bond motifs is 1. The van der Waals surface area contributed by atoms with Crippen molar-refractivity contribution in [3.8, 4) is 0 Å². The lowest BCUT2D eigenvalue weighted by Crippen LogP contribution is -2.42. The van der Waals surface area contributed by atoms with E-state index in [-0.39, 0.29) is 0 Å². The van der Waals surface area contributed by atoms with Gasteiger partial charge < -0.3 is 9.88 Å². The van der Waals surface area contributed by atoms with Crippen LogP contribution >= 0.6 is 0 Å². The van der Waals surface area contributed by atoms with Gasteiger partial charge in [-0.15, -0.1) is 0 Å². The maximum atomic E-state index is 4.74. The highest BCUT2D eigenvalue weighted by molar-refractivity contribution is 5.76. The third kappa shape index (κ3) is 2.05. The molecule has 2 unspecified atom stereocenters. The quantitative estimate of drug-likeness (QED) is 0.923. The second-order valence-corrected chi connectivity index (χ2v) is 6.65. The molecule has 1 aliphatic rings. The standard InChI is InChI=1S/C17H25N3/c1-5-18-16-15(10-11-17(16,3)4)20-12(2)19-13-8-6-7-9-14(13)20/h6-9,15-16,18H,5,10-11H2,1-4H3. The van der Waals surface area contributed by atoms with Crippen molar-refractivity contribution < 1.29 is 0 Å². The van der Waals surface area contributed by atoms with E-state index in [1.165, 1.54) is 18.4 Å². The summed E-state index contributed by atoms with van der Waals surface area (Å²) in [5.74, 6) is 1.14. The topological polar surface area (TPSA) is 29.9 Å². The summed E-state index contributed by atoms with van der Waals surface area (Å²) in [6.07, 6.45) is 2.49. The van der Waals surface area contributed by atoms with Crippen LogP contribution in [0.15, 0.2) is 24.3 Å². The zero-order valence-corrected chi connectivity index (χ0v) is 13.0. The van der Waals surface area contributed by atoms with Crippen molar-refractivity contribution in [2.45, 2.75) is 52.6 Å². The van der Waals surface area contributed by atoms with E-state index in [0.717, 1.165) is 17.9 Å². The van der Waals surface area contributed by atoms with Crippen molar-refractivity contribution in [1.82, 2.24) is 14.9 Å². The Kier molecular flexibility index (Phi) is 3.33. The highest BCUT2D eigenvalue weighted by Crippen LogP contribution is 2.45. The first-order valence-electron chi connectivity index (χ1n) is 7.71. The third-order valence-electron chi connectivity index (χ3n) is 4.84. The molecule has 0 spiro atoms. The van der Waals surface area contributed by atoms with Gasteiger partial charge in [-0.05, 0) is 43.9 Å². The average Bonchev–Trinajstić information content (AvgIpc) is 2.88. The van der Waals surface area contributed by atoms with E-state index in [2.05, 4.69) is 61.8 Å². The number of hydrogen-bond donors (Lipinski definition) is 1. The minimum Gasteiger partial charge on any atom is -0.323 e. The molecule has 1 aromatic carbocycles. The van der Waals surface area contributed by atoms with Crippen LogP contribution in [0.4, 0.5) is 0 Å². The maximum Gasteiger partial charge on any atom is 0.107 e. The van der Waals surface area contributed by atoms with E-state index < -0.39 is 0 Å². The number of aromatic nitrogens is 2. The number of para-hydroxylation sites is 2. The van der Waals surface area contributed by atoms with Crippen LogP contribution in [0.3, 0.4) is 0 Å². The summed E-state index contributed by atoms with van der Waals surface area (Å²) in [5, 5.41) is 3.72. The molecule has 1 aromatic heterocycles. The van der Waals surface area contributed by atoms with E-state index in [9.17, 15) is 0 Å². The van der Waals surface area contributed by atoms with Crippen LogP contribution in [0.25, 0.3) is 11.0 Å². The fourth-order valence-corrected chi connectivity index (χ4v) is 3.86. The Morgan fingerprint density at radius 2 is 2.10 bits per heavy atom. The van der Waals surface area contributed by atoms with Crippen LogP contribution in [-0.2, 0) is 0 Å². The summed E-state index contributed by atoms with van der Waals surface area (Å²) in [6, 6.07) is 9.52. The van der Waals surface area contributed by atoms with Crippen LogP contribution < -0.4 is 5.32 Å². The van der Waals surface area contributed by atoms with Crippen molar-refractivity contribution in [3.63, 3.8) is 0 Å². The SMILES string of the molecule is CCNC1C(n2c(C)nc3ccccc32)CCC1(C)C. The number of likely N-dealkylation sites (N-methyl/N-ethyl adjacent to an activating group) is 1. The van der Waals surface area contributed by atoms with Crippen LogP contribution in [0, 0.1) is 12.3 Å². The van der Waals surface area contributed by atoms with Gasteiger partial charge in [0.2, 0.25) is 0 Å². The van der Waals surface area contributed by atoms with Gasteiger partial charge in [0.05, 0.1) is 17.1 Å². The fraction of sp³-hybridized carbons (Fsp3) is 0.588. The maximum absolute atomic E-state index is 4.74. The summed E-state index contributed by atoms with van der Waals surface area (Å²) < 4.78 is 2.46.